The quantitative estimate of drug-likeness (QED) is 0.326. The van der Waals surface area contributed by atoms with Crippen molar-refractivity contribution in [1.29, 1.82) is 0 Å². The minimum Gasteiger partial charge on any atom is -0.361 e. The molecule has 4 nitrogen and oxygen atoms in total. The van der Waals surface area contributed by atoms with Gasteiger partial charge in [-0.05, 0) is 43.5 Å². The van der Waals surface area contributed by atoms with E-state index in [2.05, 4.69) is 34.7 Å². The van der Waals surface area contributed by atoms with Crippen LogP contribution in [0.5, 0.6) is 0 Å². The number of hydrogen-bond donors (Lipinski definition) is 1. The number of carbonyl (C=O) groups is 1. The van der Waals surface area contributed by atoms with Gasteiger partial charge in [0, 0.05) is 16.2 Å². The molecule has 1 heterocycles. The van der Waals surface area contributed by atoms with E-state index in [0.717, 1.165) is 33.9 Å². The van der Waals surface area contributed by atoms with Crippen LogP contribution in [0.4, 0.5) is 0 Å². The van der Waals surface area contributed by atoms with Crippen molar-refractivity contribution in [3.8, 4) is 0 Å². The average Bonchev–Trinajstić information content (AvgIpc) is 3.15. The Hall–Kier alpha value is -3.31. The molecule has 1 aromatic heterocycles. The molecule has 5 heteroatoms. The highest BCUT2D eigenvalue weighted by Gasteiger charge is 2.19. The monoisotopic (exact) mass is 442 g/mol. The number of benzene rings is 3. The Balaban J connectivity index is 1.54. The minimum absolute atomic E-state index is 0.0725. The highest BCUT2D eigenvalue weighted by atomic mass is 32.2. The molecule has 0 aliphatic rings. The van der Waals surface area contributed by atoms with Crippen LogP contribution in [0.15, 0.2) is 94.3 Å². The van der Waals surface area contributed by atoms with Gasteiger partial charge in [-0.3, -0.25) is 4.79 Å². The van der Waals surface area contributed by atoms with Crippen molar-refractivity contribution in [2.24, 2.45) is 0 Å². The van der Waals surface area contributed by atoms with Crippen LogP contribution in [0.3, 0.4) is 0 Å². The predicted octanol–water partition coefficient (Wildman–Crippen LogP) is 6.30. The molecule has 1 amide bonds. The molecule has 3 aromatic carbocycles. The van der Waals surface area contributed by atoms with Crippen LogP contribution in [-0.2, 0) is 12.2 Å². The summed E-state index contributed by atoms with van der Waals surface area (Å²) in [5.74, 6) is 1.46. The highest BCUT2D eigenvalue weighted by Crippen LogP contribution is 2.29. The van der Waals surface area contributed by atoms with E-state index in [1.807, 2.05) is 74.5 Å². The van der Waals surface area contributed by atoms with Crippen molar-refractivity contribution in [2.75, 3.05) is 0 Å². The maximum Gasteiger partial charge on any atom is 0.252 e. The lowest BCUT2D eigenvalue weighted by Gasteiger charge is -2.20. The third kappa shape index (κ3) is 5.29. The first-order chi connectivity index (χ1) is 15.6. The van der Waals surface area contributed by atoms with E-state index in [1.165, 1.54) is 5.56 Å². The fraction of sp³-hybridized carbons (Fsp3) is 0.185. The minimum atomic E-state index is -0.119. The number of carbonyl (C=O) groups excluding carboxylic acids is 1. The van der Waals surface area contributed by atoms with Crippen LogP contribution in [0, 0.1) is 13.8 Å². The summed E-state index contributed by atoms with van der Waals surface area (Å²) in [4.78, 5) is 14.3. The van der Waals surface area contributed by atoms with Gasteiger partial charge in [0.1, 0.15) is 5.76 Å². The third-order valence-electron chi connectivity index (χ3n) is 5.47. The number of nitrogens with one attached hydrogen (secondary N) is 1. The Morgan fingerprint density at radius 3 is 2.28 bits per heavy atom. The molecule has 1 N–H and O–H groups in total. The molecule has 32 heavy (non-hydrogen) atoms. The van der Waals surface area contributed by atoms with Crippen LogP contribution in [0.1, 0.15) is 44.5 Å². The van der Waals surface area contributed by atoms with Gasteiger partial charge in [-0.25, -0.2) is 0 Å². The molecular formula is C27H26N2O2S. The van der Waals surface area contributed by atoms with Gasteiger partial charge in [-0.15, -0.1) is 11.8 Å². The number of aryl methyl sites for hydroxylation is 2. The first-order valence-corrected chi connectivity index (χ1v) is 11.6. The van der Waals surface area contributed by atoms with Crippen LogP contribution in [-0.4, -0.2) is 11.1 Å². The average molecular weight is 443 g/mol. The Kier molecular flexibility index (Phi) is 7.07. The number of aromatic nitrogens is 1. The molecule has 0 radical (unpaired) electrons. The molecule has 162 valence electrons. The Labute approximate surface area is 193 Å². The molecule has 1 atom stereocenters. The molecule has 4 rings (SSSR count). The highest BCUT2D eigenvalue weighted by molar-refractivity contribution is 7.98. The lowest BCUT2D eigenvalue weighted by Crippen LogP contribution is -2.30. The largest absolute Gasteiger partial charge is 0.361 e. The number of nitrogens with zero attached hydrogens (tertiary/aromatic N) is 1. The summed E-state index contributed by atoms with van der Waals surface area (Å²) in [6.45, 7) is 3.86. The van der Waals surface area contributed by atoms with Gasteiger partial charge in [-0.1, -0.05) is 78.0 Å². The summed E-state index contributed by atoms with van der Waals surface area (Å²) in [7, 11) is 0. The maximum atomic E-state index is 13.4. The lowest BCUT2D eigenvalue weighted by molar-refractivity contribution is 0.0933. The zero-order valence-electron chi connectivity index (χ0n) is 18.2. The normalized spacial score (nSPS) is 11.8. The van der Waals surface area contributed by atoms with E-state index in [-0.39, 0.29) is 11.9 Å². The molecular weight excluding hydrogens is 416 g/mol. The zero-order valence-corrected chi connectivity index (χ0v) is 19.1. The smallest absolute Gasteiger partial charge is 0.252 e. The maximum absolute atomic E-state index is 13.4. The second kappa shape index (κ2) is 10.3. The fourth-order valence-corrected chi connectivity index (χ4v) is 4.86. The van der Waals surface area contributed by atoms with Gasteiger partial charge in [0.15, 0.2) is 0 Å². The second-order valence-corrected chi connectivity index (χ2v) is 8.73. The molecule has 4 aromatic rings. The molecule has 0 aliphatic heterocycles. The van der Waals surface area contributed by atoms with E-state index >= 15 is 0 Å². The number of rotatable bonds is 8. The van der Waals surface area contributed by atoms with E-state index in [4.69, 9.17) is 4.52 Å². The standard InChI is InChI=1S/C27H26N2O2S/c1-19-24(20(2)31-29-19)18-32-26-16-10-9-15-23(26)27(30)28-25(22-13-7-4-8-14-22)17-21-11-5-3-6-12-21/h3-16,25H,17-18H2,1-2H3,(H,28,30)/t25-/m0/s1. The molecule has 0 fully saturated rings. The summed E-state index contributed by atoms with van der Waals surface area (Å²) < 4.78 is 5.28. The molecule has 0 saturated carbocycles. The molecule has 0 aliphatic carbocycles. The van der Waals surface area contributed by atoms with Crippen LogP contribution < -0.4 is 5.32 Å². The van der Waals surface area contributed by atoms with E-state index < -0.39 is 0 Å². The van der Waals surface area contributed by atoms with Crippen LogP contribution >= 0.6 is 11.8 Å². The van der Waals surface area contributed by atoms with E-state index in [1.54, 1.807) is 11.8 Å². The summed E-state index contributed by atoms with van der Waals surface area (Å²) >= 11 is 1.63. The van der Waals surface area contributed by atoms with Gasteiger partial charge >= 0.3 is 0 Å². The molecule has 0 bridgehead atoms. The predicted molar refractivity (Wildman–Crippen MR) is 129 cm³/mol. The van der Waals surface area contributed by atoms with Gasteiger partial charge in [0.25, 0.3) is 5.91 Å². The van der Waals surface area contributed by atoms with Crippen LogP contribution in [0.2, 0.25) is 0 Å². The van der Waals surface area contributed by atoms with Gasteiger partial charge in [0.05, 0.1) is 17.3 Å². The molecule has 0 unspecified atom stereocenters. The number of hydrogen-bond acceptors (Lipinski definition) is 4. The van der Waals surface area contributed by atoms with Gasteiger partial charge in [-0.2, -0.15) is 0 Å². The first-order valence-electron chi connectivity index (χ1n) is 10.6. The molecule has 0 saturated heterocycles. The third-order valence-corrected chi connectivity index (χ3v) is 6.57. The van der Waals surface area contributed by atoms with Crippen molar-refractivity contribution in [3.63, 3.8) is 0 Å². The zero-order chi connectivity index (χ0) is 22.3. The van der Waals surface area contributed by atoms with Gasteiger partial charge < -0.3 is 9.84 Å². The number of thioether (sulfide) groups is 1. The topological polar surface area (TPSA) is 55.1 Å². The Morgan fingerprint density at radius 1 is 0.938 bits per heavy atom. The summed E-state index contributed by atoms with van der Waals surface area (Å²) in [6, 6.07) is 28.0. The van der Waals surface area contributed by atoms with Crippen molar-refractivity contribution in [3.05, 3.63) is 119 Å². The van der Waals surface area contributed by atoms with E-state index in [9.17, 15) is 4.79 Å². The first kappa shape index (κ1) is 21.9. The van der Waals surface area contributed by atoms with Crippen LogP contribution in [0.25, 0.3) is 0 Å². The summed E-state index contributed by atoms with van der Waals surface area (Å²) in [5.41, 5.74) is 4.92. The van der Waals surface area contributed by atoms with Gasteiger partial charge in [0.2, 0.25) is 0 Å². The Bertz CT molecular complexity index is 1150. The number of amides is 1. The van der Waals surface area contributed by atoms with Crippen molar-refractivity contribution in [1.82, 2.24) is 10.5 Å². The summed E-state index contributed by atoms with van der Waals surface area (Å²) in [6.07, 6.45) is 0.727. The summed E-state index contributed by atoms with van der Waals surface area (Å²) in [5, 5.41) is 7.30. The molecule has 0 spiro atoms. The van der Waals surface area contributed by atoms with Crippen molar-refractivity contribution < 1.29 is 9.32 Å². The van der Waals surface area contributed by atoms with Crippen molar-refractivity contribution >= 4 is 17.7 Å². The van der Waals surface area contributed by atoms with Crippen molar-refractivity contribution in [2.45, 2.75) is 37.0 Å². The SMILES string of the molecule is Cc1noc(C)c1CSc1ccccc1C(=O)N[C@@H](Cc1ccccc1)c1ccccc1. The lowest BCUT2D eigenvalue weighted by atomic mass is 9.98. The fourth-order valence-electron chi connectivity index (χ4n) is 3.66. The second-order valence-electron chi connectivity index (χ2n) is 7.71. The van der Waals surface area contributed by atoms with E-state index in [0.29, 0.717) is 11.3 Å². The Morgan fingerprint density at radius 2 is 1.59 bits per heavy atom.